The van der Waals surface area contributed by atoms with Gasteiger partial charge in [-0.25, -0.2) is 9.97 Å². The van der Waals surface area contributed by atoms with Crippen LogP contribution in [0.3, 0.4) is 0 Å². The number of aromatic nitrogens is 4. The van der Waals surface area contributed by atoms with E-state index in [0.717, 1.165) is 23.3 Å². The molecular formula is C13H21N5O. The van der Waals surface area contributed by atoms with E-state index in [1.54, 1.807) is 6.33 Å². The maximum atomic E-state index is 9.46. The Balaban J connectivity index is 2.30. The lowest BCUT2D eigenvalue weighted by Gasteiger charge is -2.17. The zero-order valence-corrected chi connectivity index (χ0v) is 11.7. The van der Waals surface area contributed by atoms with Crippen molar-refractivity contribution < 1.29 is 5.11 Å². The number of fused-ring (bicyclic) bond motifs is 1. The molecule has 2 aromatic heterocycles. The predicted molar refractivity (Wildman–Crippen MR) is 74.5 cm³/mol. The average molecular weight is 263 g/mol. The summed E-state index contributed by atoms with van der Waals surface area (Å²) in [6.45, 7) is 7.03. The third-order valence-corrected chi connectivity index (χ3v) is 3.17. The third kappa shape index (κ3) is 3.01. The van der Waals surface area contributed by atoms with Gasteiger partial charge in [0.25, 0.3) is 0 Å². The Bertz CT molecular complexity index is 563. The number of aliphatic hydroxyl groups is 1. The number of nitrogens with two attached hydrogens (primary N) is 1. The van der Waals surface area contributed by atoms with Crippen molar-refractivity contribution in [2.45, 2.75) is 33.7 Å². The summed E-state index contributed by atoms with van der Waals surface area (Å²) in [5, 5.41) is 9.46. The minimum Gasteiger partial charge on any atom is -0.396 e. The molecular weight excluding hydrogens is 242 g/mol. The number of aryl methyl sites for hydroxylation is 1. The first-order valence-electron chi connectivity index (χ1n) is 6.57. The van der Waals surface area contributed by atoms with Crippen molar-refractivity contribution >= 4 is 17.1 Å². The molecule has 0 fully saturated rings. The van der Waals surface area contributed by atoms with Crippen LogP contribution >= 0.6 is 0 Å². The Morgan fingerprint density at radius 1 is 1.37 bits per heavy atom. The van der Waals surface area contributed by atoms with E-state index >= 15 is 0 Å². The van der Waals surface area contributed by atoms with E-state index in [-0.39, 0.29) is 18.5 Å². The van der Waals surface area contributed by atoms with Gasteiger partial charge in [-0.2, -0.15) is 4.98 Å². The van der Waals surface area contributed by atoms with Crippen molar-refractivity contribution in [2.24, 2.45) is 11.8 Å². The van der Waals surface area contributed by atoms with Crippen LogP contribution in [0.5, 0.6) is 0 Å². The van der Waals surface area contributed by atoms with Crippen LogP contribution in [0, 0.1) is 18.8 Å². The fourth-order valence-electron chi connectivity index (χ4n) is 2.39. The zero-order valence-electron chi connectivity index (χ0n) is 11.7. The fraction of sp³-hybridized carbons (Fsp3) is 0.615. The first kappa shape index (κ1) is 13.7. The second-order valence-corrected chi connectivity index (χ2v) is 5.41. The van der Waals surface area contributed by atoms with Gasteiger partial charge in [0.2, 0.25) is 5.95 Å². The van der Waals surface area contributed by atoms with Gasteiger partial charge in [0, 0.05) is 19.1 Å². The van der Waals surface area contributed by atoms with Crippen molar-refractivity contribution in [1.29, 1.82) is 0 Å². The molecule has 1 atom stereocenters. The molecule has 0 saturated carbocycles. The number of rotatable bonds is 5. The van der Waals surface area contributed by atoms with Gasteiger partial charge in [-0.1, -0.05) is 13.8 Å². The molecule has 0 aliphatic rings. The van der Waals surface area contributed by atoms with Crippen LogP contribution in [0.25, 0.3) is 11.2 Å². The van der Waals surface area contributed by atoms with Gasteiger partial charge < -0.3 is 15.4 Å². The van der Waals surface area contributed by atoms with Gasteiger partial charge in [0.1, 0.15) is 5.52 Å². The highest BCUT2D eigenvalue weighted by molar-refractivity contribution is 5.74. The van der Waals surface area contributed by atoms with Crippen molar-refractivity contribution in [3.63, 3.8) is 0 Å². The summed E-state index contributed by atoms with van der Waals surface area (Å²) in [5.74, 6) is 1.01. The first-order valence-corrected chi connectivity index (χ1v) is 6.57. The van der Waals surface area contributed by atoms with Crippen LogP contribution in [0.1, 0.15) is 26.0 Å². The van der Waals surface area contributed by atoms with Crippen molar-refractivity contribution in [3.05, 3.63) is 12.0 Å². The molecule has 19 heavy (non-hydrogen) atoms. The van der Waals surface area contributed by atoms with E-state index in [0.29, 0.717) is 12.5 Å². The summed E-state index contributed by atoms with van der Waals surface area (Å²) >= 11 is 0. The Morgan fingerprint density at radius 3 is 2.74 bits per heavy atom. The number of anilines is 1. The maximum absolute atomic E-state index is 9.46. The molecule has 3 N–H and O–H groups in total. The van der Waals surface area contributed by atoms with Crippen molar-refractivity contribution in [3.8, 4) is 0 Å². The number of hydrogen-bond donors (Lipinski definition) is 2. The summed E-state index contributed by atoms with van der Waals surface area (Å²) in [4.78, 5) is 12.7. The molecule has 0 bridgehead atoms. The Kier molecular flexibility index (Phi) is 3.99. The highest BCUT2D eigenvalue weighted by atomic mass is 16.3. The summed E-state index contributed by atoms with van der Waals surface area (Å²) in [7, 11) is 0. The summed E-state index contributed by atoms with van der Waals surface area (Å²) in [5.41, 5.74) is 7.98. The normalized spacial score (nSPS) is 13.3. The molecule has 6 heteroatoms. The summed E-state index contributed by atoms with van der Waals surface area (Å²) < 4.78 is 1.95. The largest absolute Gasteiger partial charge is 0.396 e. The van der Waals surface area contributed by atoms with E-state index in [2.05, 4.69) is 28.8 Å². The van der Waals surface area contributed by atoms with Crippen LogP contribution in [-0.4, -0.2) is 31.2 Å². The van der Waals surface area contributed by atoms with Gasteiger partial charge in [-0.05, 0) is 19.3 Å². The molecule has 0 saturated heterocycles. The maximum Gasteiger partial charge on any atom is 0.222 e. The van der Waals surface area contributed by atoms with E-state index in [4.69, 9.17) is 5.73 Å². The second kappa shape index (κ2) is 5.52. The molecule has 2 rings (SSSR count). The fourth-order valence-corrected chi connectivity index (χ4v) is 2.39. The Hall–Kier alpha value is -1.69. The van der Waals surface area contributed by atoms with Gasteiger partial charge in [-0.15, -0.1) is 0 Å². The average Bonchev–Trinajstić information content (AvgIpc) is 2.71. The molecule has 0 aliphatic carbocycles. The molecule has 2 heterocycles. The minimum atomic E-state index is 0.164. The monoisotopic (exact) mass is 263 g/mol. The number of hydrogen-bond acceptors (Lipinski definition) is 5. The molecule has 0 aliphatic heterocycles. The quantitative estimate of drug-likeness (QED) is 0.850. The Labute approximate surface area is 112 Å². The minimum absolute atomic E-state index is 0.164. The Morgan fingerprint density at radius 2 is 2.11 bits per heavy atom. The smallest absolute Gasteiger partial charge is 0.222 e. The van der Waals surface area contributed by atoms with Crippen LogP contribution in [0.15, 0.2) is 6.33 Å². The van der Waals surface area contributed by atoms with E-state index in [1.807, 2.05) is 11.5 Å². The first-order chi connectivity index (χ1) is 9.01. The number of imidazole rings is 1. The molecule has 0 radical (unpaired) electrons. The summed E-state index contributed by atoms with van der Waals surface area (Å²) in [6, 6.07) is 0. The summed E-state index contributed by atoms with van der Waals surface area (Å²) in [6.07, 6.45) is 2.71. The van der Waals surface area contributed by atoms with Crippen molar-refractivity contribution in [1.82, 2.24) is 19.5 Å². The third-order valence-electron chi connectivity index (χ3n) is 3.17. The van der Waals surface area contributed by atoms with E-state index in [1.165, 1.54) is 0 Å². The van der Waals surface area contributed by atoms with E-state index < -0.39 is 0 Å². The number of nitrogens with zero attached hydrogens (tertiary/aromatic N) is 4. The number of aliphatic hydroxyl groups excluding tert-OH is 1. The van der Waals surface area contributed by atoms with Crippen molar-refractivity contribution in [2.75, 3.05) is 12.3 Å². The molecule has 104 valence electrons. The second-order valence-electron chi connectivity index (χ2n) is 5.41. The molecule has 0 amide bonds. The van der Waals surface area contributed by atoms with E-state index in [9.17, 15) is 5.11 Å². The lowest BCUT2D eigenvalue weighted by atomic mass is 9.98. The molecule has 2 aromatic rings. The SMILES string of the molecule is Cc1nc(N)nc2c1ncn2C[C@H](CO)CC(C)C. The van der Waals surface area contributed by atoms with Gasteiger partial charge in [-0.3, -0.25) is 0 Å². The van der Waals surface area contributed by atoms with Crippen LogP contribution in [0.4, 0.5) is 5.95 Å². The van der Waals surface area contributed by atoms with Crippen LogP contribution in [0.2, 0.25) is 0 Å². The molecule has 0 aromatic carbocycles. The lowest BCUT2D eigenvalue weighted by molar-refractivity contribution is 0.191. The zero-order chi connectivity index (χ0) is 14.0. The van der Waals surface area contributed by atoms with Gasteiger partial charge in [0.15, 0.2) is 5.65 Å². The lowest BCUT2D eigenvalue weighted by Crippen LogP contribution is -2.17. The highest BCUT2D eigenvalue weighted by Crippen LogP contribution is 2.18. The molecule has 0 spiro atoms. The topological polar surface area (TPSA) is 89.9 Å². The highest BCUT2D eigenvalue weighted by Gasteiger charge is 2.15. The standard InChI is InChI=1S/C13H21N5O/c1-8(2)4-10(6-19)5-18-7-15-11-9(3)16-13(14)17-12(11)18/h7-8,10,19H,4-6H2,1-3H3,(H2,14,16,17)/t10-/m1/s1. The molecule has 6 nitrogen and oxygen atoms in total. The predicted octanol–water partition coefficient (Wildman–Crippen LogP) is 1.37. The van der Waals surface area contributed by atoms with Crippen LogP contribution < -0.4 is 5.73 Å². The van der Waals surface area contributed by atoms with Crippen LogP contribution in [-0.2, 0) is 6.54 Å². The van der Waals surface area contributed by atoms with Gasteiger partial charge in [0.05, 0.1) is 12.0 Å². The number of nitrogen functional groups attached to an aromatic ring is 1. The van der Waals surface area contributed by atoms with Gasteiger partial charge >= 0.3 is 0 Å². The molecule has 0 unspecified atom stereocenters.